The molecule has 1 rings (SSSR count). The van der Waals surface area contributed by atoms with Gasteiger partial charge in [0.1, 0.15) is 0 Å². The Balaban J connectivity index is 2.30. The van der Waals surface area contributed by atoms with Gasteiger partial charge in [0.2, 0.25) is 0 Å². The van der Waals surface area contributed by atoms with Crippen molar-refractivity contribution in [2.45, 2.75) is 44.4 Å². The van der Waals surface area contributed by atoms with E-state index in [1.165, 1.54) is 0 Å². The van der Waals surface area contributed by atoms with Gasteiger partial charge in [-0.15, -0.1) is 0 Å². The summed E-state index contributed by atoms with van der Waals surface area (Å²) in [4.78, 5) is 2.19. The molecule has 1 heterocycles. The first-order valence-electron chi connectivity index (χ1n) is 6.49. The van der Waals surface area contributed by atoms with Crippen molar-refractivity contribution in [3.63, 3.8) is 0 Å². The zero-order chi connectivity index (χ0) is 12.8. The molecule has 5 N–H and O–H groups in total. The molecule has 1 saturated heterocycles. The van der Waals surface area contributed by atoms with Gasteiger partial charge in [-0.1, -0.05) is 6.92 Å². The normalized spacial score (nSPS) is 24.5. The van der Waals surface area contributed by atoms with E-state index in [-0.39, 0.29) is 12.5 Å². The first kappa shape index (κ1) is 14.9. The first-order valence-corrected chi connectivity index (χ1v) is 6.49. The lowest BCUT2D eigenvalue weighted by atomic mass is 9.95. The average Bonchev–Trinajstić information content (AvgIpc) is 2.31. The monoisotopic (exact) mass is 246 g/mol. The van der Waals surface area contributed by atoms with Crippen molar-refractivity contribution in [2.24, 2.45) is 11.7 Å². The van der Waals surface area contributed by atoms with E-state index < -0.39 is 12.2 Å². The van der Waals surface area contributed by atoms with Gasteiger partial charge in [-0.3, -0.25) is 0 Å². The molecule has 1 aliphatic heterocycles. The quantitative estimate of drug-likeness (QED) is 0.490. The molecule has 5 heteroatoms. The number of aliphatic hydroxyl groups is 3. The summed E-state index contributed by atoms with van der Waals surface area (Å²) >= 11 is 0. The SMILES string of the molecule is C[C@@H]([C@H](O)CCO)[C@@H](O)CN1CCC(N)CC1. The fourth-order valence-electron chi connectivity index (χ4n) is 2.22. The van der Waals surface area contributed by atoms with Gasteiger partial charge in [0, 0.05) is 25.1 Å². The van der Waals surface area contributed by atoms with Gasteiger partial charge in [-0.05, 0) is 32.4 Å². The van der Waals surface area contributed by atoms with E-state index in [0.717, 1.165) is 25.9 Å². The van der Waals surface area contributed by atoms with E-state index in [1.54, 1.807) is 0 Å². The summed E-state index contributed by atoms with van der Waals surface area (Å²) in [5.41, 5.74) is 5.82. The van der Waals surface area contributed by atoms with Crippen molar-refractivity contribution >= 4 is 0 Å². The maximum absolute atomic E-state index is 10.0. The highest BCUT2D eigenvalue weighted by atomic mass is 16.3. The molecule has 17 heavy (non-hydrogen) atoms. The minimum atomic E-state index is -0.637. The Labute approximate surface area is 103 Å². The molecule has 0 aromatic carbocycles. The summed E-state index contributed by atoms with van der Waals surface area (Å²) in [6.45, 7) is 4.19. The van der Waals surface area contributed by atoms with Crippen LogP contribution in [0.1, 0.15) is 26.2 Å². The molecule has 0 aliphatic carbocycles. The van der Waals surface area contributed by atoms with Crippen LogP contribution in [0.5, 0.6) is 0 Å². The number of nitrogens with zero attached hydrogens (tertiary/aromatic N) is 1. The van der Waals surface area contributed by atoms with E-state index in [2.05, 4.69) is 4.90 Å². The van der Waals surface area contributed by atoms with Gasteiger partial charge in [-0.25, -0.2) is 0 Å². The maximum Gasteiger partial charge on any atom is 0.0717 e. The van der Waals surface area contributed by atoms with Crippen molar-refractivity contribution in [1.82, 2.24) is 4.90 Å². The Kier molecular flexibility index (Phi) is 6.37. The summed E-state index contributed by atoms with van der Waals surface area (Å²) in [6, 6.07) is 0.292. The predicted octanol–water partition coefficient (Wildman–Crippen LogP) is -0.850. The largest absolute Gasteiger partial charge is 0.396 e. The number of likely N-dealkylation sites (tertiary alicyclic amines) is 1. The summed E-state index contributed by atoms with van der Waals surface area (Å²) in [7, 11) is 0. The smallest absolute Gasteiger partial charge is 0.0717 e. The minimum Gasteiger partial charge on any atom is -0.396 e. The summed E-state index contributed by atoms with van der Waals surface area (Å²) in [6.07, 6.45) is 1.08. The number of aliphatic hydroxyl groups excluding tert-OH is 3. The summed E-state index contributed by atoms with van der Waals surface area (Å²) < 4.78 is 0. The van der Waals surface area contributed by atoms with Crippen LogP contribution in [0.2, 0.25) is 0 Å². The van der Waals surface area contributed by atoms with Crippen molar-refractivity contribution in [3.05, 3.63) is 0 Å². The van der Waals surface area contributed by atoms with Gasteiger partial charge in [-0.2, -0.15) is 0 Å². The molecular weight excluding hydrogens is 220 g/mol. The maximum atomic E-state index is 10.0. The third-order valence-electron chi connectivity index (χ3n) is 3.72. The minimum absolute atomic E-state index is 0.0448. The number of β-amino-alcohol motifs (C(OH)–C–C–N with tert-alkyl or cyclic N) is 1. The van der Waals surface area contributed by atoms with Crippen molar-refractivity contribution in [2.75, 3.05) is 26.2 Å². The van der Waals surface area contributed by atoms with E-state index in [4.69, 9.17) is 10.8 Å². The molecule has 1 fully saturated rings. The second kappa shape index (κ2) is 7.28. The molecular formula is C12H26N2O3. The highest BCUT2D eigenvalue weighted by Gasteiger charge is 2.25. The second-order valence-electron chi connectivity index (χ2n) is 5.14. The molecule has 0 aromatic heterocycles. The van der Waals surface area contributed by atoms with Gasteiger partial charge < -0.3 is 26.0 Å². The van der Waals surface area contributed by atoms with Crippen LogP contribution in [0.3, 0.4) is 0 Å². The van der Waals surface area contributed by atoms with E-state index >= 15 is 0 Å². The molecule has 0 amide bonds. The van der Waals surface area contributed by atoms with Gasteiger partial charge in [0.25, 0.3) is 0 Å². The van der Waals surface area contributed by atoms with Crippen LogP contribution in [0, 0.1) is 5.92 Å². The van der Waals surface area contributed by atoms with Crippen LogP contribution in [0.25, 0.3) is 0 Å². The highest BCUT2D eigenvalue weighted by molar-refractivity contribution is 4.79. The third-order valence-corrected chi connectivity index (χ3v) is 3.72. The summed E-state index contributed by atoms with van der Waals surface area (Å²) in [5.74, 6) is -0.210. The van der Waals surface area contributed by atoms with Crippen LogP contribution in [-0.2, 0) is 0 Å². The fourth-order valence-corrected chi connectivity index (χ4v) is 2.22. The molecule has 0 saturated carbocycles. The van der Waals surface area contributed by atoms with Gasteiger partial charge in [0.15, 0.2) is 0 Å². The number of rotatable bonds is 6. The Morgan fingerprint density at radius 2 is 1.82 bits per heavy atom. The fraction of sp³-hybridized carbons (Fsp3) is 1.00. The second-order valence-corrected chi connectivity index (χ2v) is 5.14. The van der Waals surface area contributed by atoms with E-state index in [9.17, 15) is 10.2 Å². The lowest BCUT2D eigenvalue weighted by Crippen LogP contribution is -2.45. The lowest BCUT2D eigenvalue weighted by molar-refractivity contribution is -0.00928. The molecule has 0 aromatic rings. The van der Waals surface area contributed by atoms with Crippen LogP contribution < -0.4 is 5.73 Å². The number of hydrogen-bond donors (Lipinski definition) is 4. The standard InChI is InChI=1S/C12H26N2O3/c1-9(11(16)4-7-15)12(17)8-14-5-2-10(13)3-6-14/h9-12,15-17H,2-8,13H2,1H3/t9-,11+,12-/m0/s1. The molecule has 0 unspecified atom stereocenters. The zero-order valence-electron chi connectivity index (χ0n) is 10.6. The van der Waals surface area contributed by atoms with Gasteiger partial charge >= 0.3 is 0 Å². The molecule has 1 aliphatic rings. The summed E-state index contributed by atoms with van der Waals surface area (Å²) in [5, 5.41) is 28.5. The van der Waals surface area contributed by atoms with Crippen LogP contribution in [-0.4, -0.2) is 64.7 Å². The molecule has 102 valence electrons. The lowest BCUT2D eigenvalue weighted by Gasteiger charge is -2.34. The van der Waals surface area contributed by atoms with E-state index in [0.29, 0.717) is 19.0 Å². The van der Waals surface area contributed by atoms with Crippen molar-refractivity contribution in [1.29, 1.82) is 0 Å². The molecule has 0 spiro atoms. The molecule has 3 atom stereocenters. The zero-order valence-corrected chi connectivity index (χ0v) is 10.6. The topological polar surface area (TPSA) is 90.0 Å². The van der Waals surface area contributed by atoms with Crippen LogP contribution in [0.4, 0.5) is 0 Å². The average molecular weight is 246 g/mol. The van der Waals surface area contributed by atoms with Crippen molar-refractivity contribution in [3.8, 4) is 0 Å². The van der Waals surface area contributed by atoms with Crippen LogP contribution >= 0.6 is 0 Å². The van der Waals surface area contributed by atoms with Gasteiger partial charge in [0.05, 0.1) is 12.2 Å². The van der Waals surface area contributed by atoms with Crippen LogP contribution in [0.15, 0.2) is 0 Å². The first-order chi connectivity index (χ1) is 8.04. The predicted molar refractivity (Wildman–Crippen MR) is 66.5 cm³/mol. The number of piperidine rings is 1. The Morgan fingerprint density at radius 3 is 2.35 bits per heavy atom. The van der Waals surface area contributed by atoms with Crippen molar-refractivity contribution < 1.29 is 15.3 Å². The molecule has 5 nitrogen and oxygen atoms in total. The highest BCUT2D eigenvalue weighted by Crippen LogP contribution is 2.15. The third kappa shape index (κ3) is 4.89. The Hall–Kier alpha value is -0.200. The molecule has 0 radical (unpaired) electrons. The Bertz CT molecular complexity index is 208. The molecule has 0 bridgehead atoms. The Morgan fingerprint density at radius 1 is 1.24 bits per heavy atom. The number of hydrogen-bond acceptors (Lipinski definition) is 5. The number of nitrogens with two attached hydrogens (primary N) is 1. The van der Waals surface area contributed by atoms with E-state index in [1.807, 2.05) is 6.92 Å².